The summed E-state index contributed by atoms with van der Waals surface area (Å²) in [6.07, 6.45) is 0. The average Bonchev–Trinajstić information content (AvgIpc) is 2.78. The minimum Gasteiger partial charge on any atom is -0.462 e. The topological polar surface area (TPSA) is 64.2 Å². The molecule has 0 atom stereocenters. The first-order valence-electron chi connectivity index (χ1n) is 8.38. The van der Waals surface area contributed by atoms with E-state index in [-0.39, 0.29) is 24.5 Å². The molecule has 0 aliphatic heterocycles. The fourth-order valence-electron chi connectivity index (χ4n) is 2.91. The van der Waals surface area contributed by atoms with Crippen LogP contribution in [0.1, 0.15) is 43.9 Å². The molecule has 0 aliphatic carbocycles. The van der Waals surface area contributed by atoms with Crippen molar-refractivity contribution >= 4 is 22.9 Å². The Bertz CT molecular complexity index is 762. The quantitative estimate of drug-likeness (QED) is 0.650. The van der Waals surface area contributed by atoms with Crippen LogP contribution in [0.15, 0.2) is 18.2 Å². The van der Waals surface area contributed by atoms with E-state index >= 15 is 0 Å². The van der Waals surface area contributed by atoms with Gasteiger partial charge in [-0.05, 0) is 39.8 Å². The lowest BCUT2D eigenvalue weighted by Crippen LogP contribution is -2.37. The van der Waals surface area contributed by atoms with Crippen molar-refractivity contribution < 1.29 is 18.9 Å². The molecule has 2 aromatic rings. The van der Waals surface area contributed by atoms with Crippen molar-refractivity contribution in [1.82, 2.24) is 9.88 Å². The number of hydrogen-bond donors (Lipinski definition) is 1. The van der Waals surface area contributed by atoms with Gasteiger partial charge in [-0.3, -0.25) is 4.79 Å². The van der Waals surface area contributed by atoms with E-state index in [0.717, 1.165) is 23.4 Å². The number of carbonyl (C=O) groups excluding carboxylic acids is 2. The molecule has 2 rings (SSSR count). The Morgan fingerprint density at radius 3 is 2.58 bits per heavy atom. The van der Waals surface area contributed by atoms with Gasteiger partial charge in [0.1, 0.15) is 0 Å². The SMILES string of the molecule is CCOC(=O)c1ccc2c(c1)n(CC(=O)NC(C)C)c(C)[n+]2CC. The summed E-state index contributed by atoms with van der Waals surface area (Å²) in [5.74, 6) is 0.585. The Kier molecular flexibility index (Phi) is 5.59. The first-order chi connectivity index (χ1) is 11.4. The zero-order valence-corrected chi connectivity index (χ0v) is 15.0. The van der Waals surface area contributed by atoms with E-state index in [1.807, 2.05) is 31.4 Å². The number of imidazole rings is 1. The third-order valence-corrected chi connectivity index (χ3v) is 3.92. The van der Waals surface area contributed by atoms with Crippen LogP contribution in [0.2, 0.25) is 0 Å². The van der Waals surface area contributed by atoms with Gasteiger partial charge in [-0.15, -0.1) is 0 Å². The Morgan fingerprint density at radius 1 is 1.29 bits per heavy atom. The van der Waals surface area contributed by atoms with Crippen LogP contribution in [0.25, 0.3) is 11.0 Å². The van der Waals surface area contributed by atoms with Crippen LogP contribution in [-0.2, 0) is 22.6 Å². The highest BCUT2D eigenvalue weighted by Crippen LogP contribution is 2.17. The van der Waals surface area contributed by atoms with E-state index in [0.29, 0.717) is 12.2 Å². The first kappa shape index (κ1) is 18.0. The minimum absolute atomic E-state index is 0.0465. The average molecular weight is 332 g/mol. The standard InChI is InChI=1S/C18H25N3O3/c1-6-20-13(5)21(11-17(22)19-12(3)4)16-10-14(8-9-15(16)20)18(23)24-7-2/h8-10,12H,6-7,11H2,1-5H3/p+1. The number of nitrogens with zero attached hydrogens (tertiary/aromatic N) is 2. The molecule has 1 heterocycles. The first-order valence-corrected chi connectivity index (χ1v) is 8.38. The highest BCUT2D eigenvalue weighted by atomic mass is 16.5. The predicted molar refractivity (Wildman–Crippen MR) is 91.8 cm³/mol. The summed E-state index contributed by atoms with van der Waals surface area (Å²) in [5.41, 5.74) is 2.36. The molecule has 0 radical (unpaired) electrons. The van der Waals surface area contributed by atoms with Crippen molar-refractivity contribution in [3.63, 3.8) is 0 Å². The highest BCUT2D eigenvalue weighted by Gasteiger charge is 2.24. The number of aryl methyl sites for hydroxylation is 1. The van der Waals surface area contributed by atoms with Gasteiger partial charge in [0.05, 0.1) is 18.7 Å². The summed E-state index contributed by atoms with van der Waals surface area (Å²) < 4.78 is 9.16. The number of hydrogen-bond acceptors (Lipinski definition) is 3. The Labute approximate surface area is 142 Å². The number of rotatable bonds is 6. The van der Waals surface area contributed by atoms with Crippen molar-refractivity contribution in [1.29, 1.82) is 0 Å². The third kappa shape index (κ3) is 3.58. The lowest BCUT2D eigenvalue weighted by molar-refractivity contribution is -0.674. The number of aromatic nitrogens is 2. The zero-order valence-electron chi connectivity index (χ0n) is 15.0. The van der Waals surface area contributed by atoms with Crippen LogP contribution in [0, 0.1) is 6.92 Å². The molecule has 6 heteroatoms. The molecule has 24 heavy (non-hydrogen) atoms. The molecule has 1 aromatic carbocycles. The van der Waals surface area contributed by atoms with Gasteiger partial charge >= 0.3 is 5.97 Å². The van der Waals surface area contributed by atoms with E-state index in [9.17, 15) is 9.59 Å². The van der Waals surface area contributed by atoms with Crippen LogP contribution >= 0.6 is 0 Å². The Balaban J connectivity index is 2.51. The van der Waals surface area contributed by atoms with Crippen LogP contribution in [0.3, 0.4) is 0 Å². The molecule has 0 saturated heterocycles. The fraction of sp³-hybridized carbons (Fsp3) is 0.500. The molecule has 1 amide bonds. The normalized spacial score (nSPS) is 11.1. The fourth-order valence-corrected chi connectivity index (χ4v) is 2.91. The number of amides is 1. The van der Waals surface area contributed by atoms with Gasteiger partial charge in [0.2, 0.25) is 0 Å². The lowest BCUT2D eigenvalue weighted by atomic mass is 10.2. The second kappa shape index (κ2) is 7.47. The third-order valence-electron chi connectivity index (χ3n) is 3.92. The van der Waals surface area contributed by atoms with E-state index in [2.05, 4.69) is 16.8 Å². The lowest BCUT2D eigenvalue weighted by Gasteiger charge is -2.07. The maximum Gasteiger partial charge on any atom is 0.338 e. The molecule has 0 bridgehead atoms. The number of ether oxygens (including phenoxy) is 1. The smallest absolute Gasteiger partial charge is 0.338 e. The van der Waals surface area contributed by atoms with E-state index < -0.39 is 0 Å². The second-order valence-corrected chi connectivity index (χ2v) is 6.02. The maximum atomic E-state index is 12.2. The van der Waals surface area contributed by atoms with Crippen molar-refractivity contribution in [3.05, 3.63) is 29.6 Å². The van der Waals surface area contributed by atoms with Gasteiger partial charge < -0.3 is 10.1 Å². The largest absolute Gasteiger partial charge is 0.462 e. The Hall–Kier alpha value is -2.37. The molecule has 0 spiro atoms. The van der Waals surface area contributed by atoms with Gasteiger partial charge in [0.15, 0.2) is 17.6 Å². The van der Waals surface area contributed by atoms with Gasteiger partial charge in [-0.25, -0.2) is 13.9 Å². The number of nitrogens with one attached hydrogen (secondary N) is 1. The number of carbonyl (C=O) groups is 2. The van der Waals surface area contributed by atoms with Crippen LogP contribution in [-0.4, -0.2) is 29.1 Å². The molecule has 1 N–H and O–H groups in total. The predicted octanol–water partition coefficient (Wildman–Crippen LogP) is 1.96. The molecule has 0 fully saturated rings. The monoisotopic (exact) mass is 332 g/mol. The van der Waals surface area contributed by atoms with Gasteiger partial charge in [0, 0.05) is 19.0 Å². The summed E-state index contributed by atoms with van der Waals surface area (Å²) in [6, 6.07) is 5.57. The molecule has 6 nitrogen and oxygen atoms in total. The number of esters is 1. The molecule has 0 saturated carbocycles. The summed E-state index contributed by atoms with van der Waals surface area (Å²) in [4.78, 5) is 24.2. The summed E-state index contributed by atoms with van der Waals surface area (Å²) >= 11 is 0. The highest BCUT2D eigenvalue weighted by molar-refractivity contribution is 5.93. The van der Waals surface area contributed by atoms with Crippen molar-refractivity contribution in [3.8, 4) is 0 Å². The molecule has 0 aliphatic rings. The molecular weight excluding hydrogens is 306 g/mol. The van der Waals surface area contributed by atoms with Gasteiger partial charge in [-0.1, -0.05) is 0 Å². The van der Waals surface area contributed by atoms with Gasteiger partial charge in [-0.2, -0.15) is 0 Å². The molecule has 130 valence electrons. The van der Waals surface area contributed by atoms with Crippen molar-refractivity contribution in [2.75, 3.05) is 6.61 Å². The molecule has 0 unspecified atom stereocenters. The van der Waals surface area contributed by atoms with Crippen LogP contribution in [0.5, 0.6) is 0 Å². The maximum absolute atomic E-state index is 12.2. The summed E-state index contributed by atoms with van der Waals surface area (Å²) in [7, 11) is 0. The summed E-state index contributed by atoms with van der Waals surface area (Å²) in [6.45, 7) is 11.0. The summed E-state index contributed by atoms with van der Waals surface area (Å²) in [5, 5.41) is 2.91. The van der Waals surface area contributed by atoms with Gasteiger partial charge in [0.25, 0.3) is 11.7 Å². The minimum atomic E-state index is -0.348. The van der Waals surface area contributed by atoms with Crippen LogP contribution in [0.4, 0.5) is 0 Å². The second-order valence-electron chi connectivity index (χ2n) is 6.02. The van der Waals surface area contributed by atoms with E-state index in [4.69, 9.17) is 4.74 Å². The Morgan fingerprint density at radius 2 is 2.00 bits per heavy atom. The number of benzene rings is 1. The molecule has 1 aromatic heterocycles. The van der Waals surface area contributed by atoms with Crippen molar-refractivity contribution in [2.45, 2.75) is 53.8 Å². The zero-order chi connectivity index (χ0) is 17.9. The van der Waals surface area contributed by atoms with Crippen molar-refractivity contribution in [2.24, 2.45) is 0 Å². The van der Waals surface area contributed by atoms with E-state index in [1.54, 1.807) is 19.1 Å². The van der Waals surface area contributed by atoms with E-state index in [1.165, 1.54) is 0 Å². The number of fused-ring (bicyclic) bond motifs is 1. The van der Waals surface area contributed by atoms with Crippen LogP contribution < -0.4 is 9.88 Å². The molecular formula is C18H26N3O3+.